The fourth-order valence-corrected chi connectivity index (χ4v) is 4.28. The van der Waals surface area contributed by atoms with Crippen molar-refractivity contribution in [3.63, 3.8) is 0 Å². The quantitative estimate of drug-likeness (QED) is 0.159. The number of carbonyl (C=O) groups is 2. The molecule has 3 N–H and O–H groups in total. The maximum Gasteiger partial charge on any atom is 0.273 e. The van der Waals surface area contributed by atoms with Crippen LogP contribution in [0.2, 0.25) is 0 Å². The molecule has 0 radical (unpaired) electrons. The maximum absolute atomic E-state index is 13.0. The van der Waals surface area contributed by atoms with Gasteiger partial charge in [0, 0.05) is 15.8 Å². The number of nitrogens with one attached hydrogen (secondary N) is 3. The molecule has 8 nitrogen and oxygen atoms in total. The fourth-order valence-electron chi connectivity index (χ4n) is 3.20. The fraction of sp³-hybridized carbons (Fsp3) is 0.0800. The molecular formula is C25H21BrN6O2S. The summed E-state index contributed by atoms with van der Waals surface area (Å²) in [6, 6.07) is 20.1. The van der Waals surface area contributed by atoms with Crippen LogP contribution in [-0.4, -0.2) is 33.2 Å². The van der Waals surface area contributed by atoms with Crippen molar-refractivity contribution in [2.75, 3.05) is 5.32 Å². The maximum atomic E-state index is 13.0. The monoisotopic (exact) mass is 548 g/mol. The molecule has 2 amide bonds. The zero-order chi connectivity index (χ0) is 24.6. The van der Waals surface area contributed by atoms with Crippen LogP contribution < -0.4 is 10.7 Å². The Bertz CT molecular complexity index is 1370. The third-order valence-electron chi connectivity index (χ3n) is 4.85. The number of hydrazone groups is 1. The van der Waals surface area contributed by atoms with E-state index in [0.717, 1.165) is 16.7 Å². The van der Waals surface area contributed by atoms with Crippen LogP contribution in [-0.2, 0) is 5.75 Å². The average Bonchev–Trinajstić information content (AvgIpc) is 3.38. The number of hydrogen-bond acceptors (Lipinski definition) is 6. The first kappa shape index (κ1) is 24.4. The van der Waals surface area contributed by atoms with E-state index < -0.39 is 5.91 Å². The minimum Gasteiger partial charge on any atom is -0.321 e. The van der Waals surface area contributed by atoms with Gasteiger partial charge in [-0.15, -0.1) is 5.10 Å². The molecule has 176 valence electrons. The molecule has 0 atom stereocenters. The zero-order valence-electron chi connectivity index (χ0n) is 18.7. The number of H-pyrrole nitrogens is 1. The van der Waals surface area contributed by atoms with Gasteiger partial charge in [-0.3, -0.25) is 14.7 Å². The van der Waals surface area contributed by atoms with Gasteiger partial charge < -0.3 is 5.32 Å². The Balaban J connectivity index is 1.45. The number of benzene rings is 3. The van der Waals surface area contributed by atoms with Crippen molar-refractivity contribution < 1.29 is 9.59 Å². The van der Waals surface area contributed by atoms with Gasteiger partial charge in [0.15, 0.2) is 0 Å². The van der Waals surface area contributed by atoms with E-state index in [1.54, 1.807) is 36.5 Å². The third-order valence-corrected chi connectivity index (χ3v) is 6.27. The molecule has 1 heterocycles. The smallest absolute Gasteiger partial charge is 0.273 e. The Morgan fingerprint density at radius 2 is 1.94 bits per heavy atom. The number of rotatable bonds is 8. The van der Waals surface area contributed by atoms with Crippen LogP contribution in [0.5, 0.6) is 0 Å². The SMILES string of the molecule is Cc1cccc(C=NNC(=O)c2cc(Br)ccc2NC(=O)c2cccc(CSc3nc[nH]n3)c2)c1. The van der Waals surface area contributed by atoms with E-state index in [1.165, 1.54) is 18.1 Å². The number of thioether (sulfide) groups is 1. The van der Waals surface area contributed by atoms with Gasteiger partial charge in [-0.1, -0.05) is 69.7 Å². The van der Waals surface area contributed by atoms with Crippen molar-refractivity contribution in [3.05, 3.63) is 105 Å². The number of hydrogen-bond donors (Lipinski definition) is 3. The van der Waals surface area contributed by atoms with Gasteiger partial charge in [0.1, 0.15) is 6.33 Å². The Hall–Kier alpha value is -3.76. The topological polar surface area (TPSA) is 112 Å². The zero-order valence-corrected chi connectivity index (χ0v) is 21.1. The van der Waals surface area contributed by atoms with Crippen molar-refractivity contribution in [2.45, 2.75) is 17.8 Å². The van der Waals surface area contributed by atoms with E-state index in [1.807, 2.05) is 43.3 Å². The molecule has 4 rings (SSSR count). The molecule has 0 aliphatic heterocycles. The molecule has 10 heteroatoms. The molecule has 0 unspecified atom stereocenters. The summed E-state index contributed by atoms with van der Waals surface area (Å²) in [5, 5.41) is 14.2. The number of aryl methyl sites for hydroxylation is 1. The van der Waals surface area contributed by atoms with Crippen LogP contribution in [0.4, 0.5) is 5.69 Å². The van der Waals surface area contributed by atoms with Crippen LogP contribution in [0.1, 0.15) is 37.4 Å². The normalized spacial score (nSPS) is 10.9. The largest absolute Gasteiger partial charge is 0.321 e. The molecule has 35 heavy (non-hydrogen) atoms. The highest BCUT2D eigenvalue weighted by Crippen LogP contribution is 2.23. The number of amides is 2. The molecule has 0 aliphatic carbocycles. The van der Waals surface area contributed by atoms with Crippen molar-refractivity contribution in [1.82, 2.24) is 20.6 Å². The number of carbonyl (C=O) groups excluding carboxylic acids is 2. The third kappa shape index (κ3) is 6.87. The predicted octanol–water partition coefficient (Wildman–Crippen LogP) is 5.18. The summed E-state index contributed by atoms with van der Waals surface area (Å²) < 4.78 is 0.703. The van der Waals surface area contributed by atoms with Crippen LogP contribution >= 0.6 is 27.7 Å². The highest BCUT2D eigenvalue weighted by Gasteiger charge is 2.15. The highest BCUT2D eigenvalue weighted by molar-refractivity contribution is 9.10. The lowest BCUT2D eigenvalue weighted by atomic mass is 10.1. The summed E-state index contributed by atoms with van der Waals surface area (Å²) in [7, 11) is 0. The van der Waals surface area contributed by atoms with Crippen molar-refractivity contribution in [3.8, 4) is 0 Å². The van der Waals surface area contributed by atoms with Gasteiger partial charge in [-0.25, -0.2) is 10.4 Å². The van der Waals surface area contributed by atoms with Gasteiger partial charge >= 0.3 is 0 Å². The van der Waals surface area contributed by atoms with Gasteiger partial charge in [-0.2, -0.15) is 5.10 Å². The number of anilines is 1. The second-order valence-corrected chi connectivity index (χ2v) is 9.39. The Morgan fingerprint density at radius 1 is 1.09 bits per heavy atom. The van der Waals surface area contributed by atoms with E-state index >= 15 is 0 Å². The average molecular weight is 549 g/mol. The number of aromatic amines is 1. The molecule has 1 aromatic heterocycles. The van der Waals surface area contributed by atoms with Crippen LogP contribution in [0.15, 0.2) is 87.8 Å². The molecule has 0 spiro atoms. The highest BCUT2D eigenvalue weighted by atomic mass is 79.9. The summed E-state index contributed by atoms with van der Waals surface area (Å²) in [5.74, 6) is -0.152. The Labute approximate surface area is 214 Å². The number of halogens is 1. The summed E-state index contributed by atoms with van der Waals surface area (Å²) in [5.41, 5.74) is 6.58. The van der Waals surface area contributed by atoms with Crippen LogP contribution in [0.25, 0.3) is 0 Å². The predicted molar refractivity (Wildman–Crippen MR) is 141 cm³/mol. The van der Waals surface area contributed by atoms with Gasteiger partial charge in [0.25, 0.3) is 11.8 Å². The lowest BCUT2D eigenvalue weighted by molar-refractivity contribution is 0.0956. The molecule has 0 fully saturated rings. The molecule has 0 saturated carbocycles. The van der Waals surface area contributed by atoms with Gasteiger partial charge in [0.05, 0.1) is 17.5 Å². The summed E-state index contributed by atoms with van der Waals surface area (Å²) in [6.45, 7) is 1.98. The first-order valence-electron chi connectivity index (χ1n) is 10.6. The first-order chi connectivity index (χ1) is 17.0. The lowest BCUT2D eigenvalue weighted by Crippen LogP contribution is -2.21. The standard InChI is InChI=1S/C25H21BrN6O2S/c1-16-4-2-5-17(10-16)13-28-31-24(34)21-12-20(26)8-9-22(21)30-23(33)19-7-3-6-18(11-19)14-35-25-27-15-29-32-25/h2-13,15H,14H2,1H3,(H,30,33)(H,31,34)(H,27,29,32). The summed E-state index contributed by atoms with van der Waals surface area (Å²) >= 11 is 4.85. The van der Waals surface area contributed by atoms with E-state index in [9.17, 15) is 9.59 Å². The second kappa shape index (κ2) is 11.6. The molecule has 3 aromatic carbocycles. The first-order valence-corrected chi connectivity index (χ1v) is 12.3. The van der Waals surface area contributed by atoms with E-state index in [4.69, 9.17) is 0 Å². The van der Waals surface area contributed by atoms with Crippen LogP contribution in [0.3, 0.4) is 0 Å². The lowest BCUT2D eigenvalue weighted by Gasteiger charge is -2.11. The minimum absolute atomic E-state index is 0.283. The molecule has 4 aromatic rings. The van der Waals surface area contributed by atoms with E-state index in [2.05, 4.69) is 47.0 Å². The molecular weight excluding hydrogens is 528 g/mol. The number of nitrogens with zero attached hydrogens (tertiary/aromatic N) is 3. The summed E-state index contributed by atoms with van der Waals surface area (Å²) in [6.07, 6.45) is 3.09. The second-order valence-electron chi connectivity index (χ2n) is 7.53. The molecule has 0 bridgehead atoms. The van der Waals surface area contributed by atoms with Gasteiger partial charge in [-0.05, 0) is 48.4 Å². The van der Waals surface area contributed by atoms with Crippen molar-refractivity contribution >= 4 is 51.4 Å². The van der Waals surface area contributed by atoms with E-state index in [0.29, 0.717) is 26.6 Å². The number of aromatic nitrogens is 3. The van der Waals surface area contributed by atoms with Crippen molar-refractivity contribution in [2.24, 2.45) is 5.10 Å². The Kier molecular flexibility index (Phi) is 8.07. The van der Waals surface area contributed by atoms with Crippen molar-refractivity contribution in [1.29, 1.82) is 0 Å². The Morgan fingerprint density at radius 3 is 2.74 bits per heavy atom. The summed E-state index contributed by atoms with van der Waals surface area (Å²) in [4.78, 5) is 29.9. The molecule has 0 aliphatic rings. The minimum atomic E-state index is -0.442. The van der Waals surface area contributed by atoms with Crippen LogP contribution in [0, 0.1) is 6.92 Å². The van der Waals surface area contributed by atoms with E-state index in [-0.39, 0.29) is 11.5 Å². The molecule has 0 saturated heterocycles. The van der Waals surface area contributed by atoms with Gasteiger partial charge in [0.2, 0.25) is 5.16 Å².